The molecule has 1 unspecified atom stereocenters. The van der Waals surface area contributed by atoms with Crippen molar-refractivity contribution in [3.63, 3.8) is 0 Å². The minimum Gasteiger partial charge on any atom is -0.492 e. The molecule has 1 aliphatic rings. The lowest BCUT2D eigenvalue weighted by Gasteiger charge is -2.34. The Hall–Kier alpha value is -1.31. The Morgan fingerprint density at radius 1 is 1.46 bits per heavy atom. The minimum atomic E-state index is -0.154. The summed E-state index contributed by atoms with van der Waals surface area (Å²) in [6.45, 7) is 10.8. The van der Waals surface area contributed by atoms with Gasteiger partial charge in [-0.1, -0.05) is 13.8 Å². The van der Waals surface area contributed by atoms with Gasteiger partial charge in [0.25, 0.3) is 5.91 Å². The zero-order valence-corrected chi connectivity index (χ0v) is 17.6. The van der Waals surface area contributed by atoms with E-state index in [1.165, 1.54) is 0 Å². The van der Waals surface area contributed by atoms with E-state index in [4.69, 9.17) is 14.2 Å². The van der Waals surface area contributed by atoms with Crippen LogP contribution in [-0.2, 0) is 4.74 Å². The van der Waals surface area contributed by atoms with Crippen LogP contribution in [0.4, 0.5) is 0 Å². The molecule has 146 valence electrons. The molecule has 7 heteroatoms. The number of carbonyl (C=O) groups excluding carboxylic acids is 1. The highest BCUT2D eigenvalue weighted by molar-refractivity contribution is 9.10. The fraction of sp³-hybridized carbons (Fsp3) is 0.632. The number of ether oxygens (including phenoxy) is 3. The summed E-state index contributed by atoms with van der Waals surface area (Å²) in [6, 6.07) is 3.44. The van der Waals surface area contributed by atoms with Crippen LogP contribution < -0.4 is 14.8 Å². The molecule has 6 nitrogen and oxygen atoms in total. The molecule has 0 radical (unpaired) electrons. The smallest absolute Gasteiger partial charge is 0.251 e. The lowest BCUT2D eigenvalue weighted by atomic mass is 10.1. The third-order valence-electron chi connectivity index (χ3n) is 4.11. The van der Waals surface area contributed by atoms with Gasteiger partial charge in [-0.25, -0.2) is 0 Å². The van der Waals surface area contributed by atoms with Crippen LogP contribution in [0.5, 0.6) is 11.5 Å². The number of nitrogens with zero attached hydrogens (tertiary/aromatic N) is 1. The molecule has 1 saturated heterocycles. The molecule has 1 heterocycles. The average Bonchev–Trinajstić information content (AvgIpc) is 2.59. The van der Waals surface area contributed by atoms with E-state index in [-0.39, 0.29) is 12.0 Å². The lowest BCUT2D eigenvalue weighted by Crippen LogP contribution is -2.48. The minimum absolute atomic E-state index is 0.0134. The van der Waals surface area contributed by atoms with E-state index in [0.29, 0.717) is 47.2 Å². The molecule has 1 aliphatic heterocycles. The van der Waals surface area contributed by atoms with Gasteiger partial charge in [0.15, 0.2) is 11.5 Å². The van der Waals surface area contributed by atoms with Gasteiger partial charge in [0, 0.05) is 31.7 Å². The molecule has 1 fully saturated rings. The predicted octanol–water partition coefficient (Wildman–Crippen LogP) is 2.94. The number of methoxy groups -OCH3 is 1. The first-order valence-electron chi connectivity index (χ1n) is 9.07. The summed E-state index contributed by atoms with van der Waals surface area (Å²) in [7, 11) is 1.58. The highest BCUT2D eigenvalue weighted by Crippen LogP contribution is 2.36. The maximum absolute atomic E-state index is 12.6. The Labute approximate surface area is 164 Å². The van der Waals surface area contributed by atoms with Crippen LogP contribution in [0.1, 0.15) is 31.1 Å². The Morgan fingerprint density at radius 2 is 2.23 bits per heavy atom. The largest absolute Gasteiger partial charge is 0.492 e. The first-order chi connectivity index (χ1) is 12.4. The Kier molecular flexibility index (Phi) is 8.18. The van der Waals surface area contributed by atoms with E-state index in [1.807, 2.05) is 6.92 Å². The summed E-state index contributed by atoms with van der Waals surface area (Å²) in [4.78, 5) is 14.9. The topological polar surface area (TPSA) is 60.0 Å². The Bertz CT molecular complexity index is 609. The average molecular weight is 429 g/mol. The van der Waals surface area contributed by atoms with Gasteiger partial charge < -0.3 is 19.5 Å². The quantitative estimate of drug-likeness (QED) is 0.689. The monoisotopic (exact) mass is 428 g/mol. The van der Waals surface area contributed by atoms with Crippen LogP contribution in [0.15, 0.2) is 16.6 Å². The maximum Gasteiger partial charge on any atom is 0.251 e. The summed E-state index contributed by atoms with van der Waals surface area (Å²) < 4.78 is 17.4. The Morgan fingerprint density at radius 3 is 2.88 bits per heavy atom. The number of nitrogens with one attached hydrogen (secondary N) is 1. The number of hydrogen-bond donors (Lipinski definition) is 1. The van der Waals surface area contributed by atoms with Gasteiger partial charge in [0.05, 0.1) is 30.9 Å². The van der Waals surface area contributed by atoms with E-state index in [1.54, 1.807) is 19.2 Å². The van der Waals surface area contributed by atoms with Crippen molar-refractivity contribution in [1.29, 1.82) is 0 Å². The second kappa shape index (κ2) is 10.1. The first kappa shape index (κ1) is 21.0. The lowest BCUT2D eigenvalue weighted by molar-refractivity contribution is -0.0295. The zero-order valence-electron chi connectivity index (χ0n) is 16.0. The normalized spacial score (nSPS) is 18.0. The second-order valence-electron chi connectivity index (χ2n) is 6.78. The highest BCUT2D eigenvalue weighted by atomic mass is 79.9. The number of halogens is 1. The van der Waals surface area contributed by atoms with Crippen LogP contribution in [0.3, 0.4) is 0 Å². The van der Waals surface area contributed by atoms with Crippen LogP contribution >= 0.6 is 15.9 Å². The molecule has 0 spiro atoms. The van der Waals surface area contributed by atoms with Gasteiger partial charge in [0.2, 0.25) is 0 Å². The molecule has 0 bridgehead atoms. The Balaban J connectivity index is 1.97. The van der Waals surface area contributed by atoms with E-state index < -0.39 is 0 Å². The molecular weight excluding hydrogens is 400 g/mol. The molecule has 0 aromatic heterocycles. The summed E-state index contributed by atoms with van der Waals surface area (Å²) in [5, 5.41) is 2.97. The number of hydrogen-bond acceptors (Lipinski definition) is 5. The van der Waals surface area contributed by atoms with Crippen molar-refractivity contribution >= 4 is 21.8 Å². The fourth-order valence-corrected chi connectivity index (χ4v) is 3.66. The van der Waals surface area contributed by atoms with E-state index >= 15 is 0 Å². The summed E-state index contributed by atoms with van der Waals surface area (Å²) in [5.41, 5.74) is 0.524. The van der Waals surface area contributed by atoms with E-state index in [9.17, 15) is 4.79 Å². The van der Waals surface area contributed by atoms with Crippen molar-refractivity contribution in [3.05, 3.63) is 22.2 Å². The summed E-state index contributed by atoms with van der Waals surface area (Å²) in [5.74, 6) is 1.60. The van der Waals surface area contributed by atoms with Gasteiger partial charge >= 0.3 is 0 Å². The molecule has 26 heavy (non-hydrogen) atoms. The number of carbonyl (C=O) groups is 1. The van der Waals surface area contributed by atoms with Gasteiger partial charge in [-0.15, -0.1) is 0 Å². The third kappa shape index (κ3) is 5.86. The van der Waals surface area contributed by atoms with Crippen molar-refractivity contribution in [2.75, 3.05) is 46.5 Å². The molecule has 1 aromatic carbocycles. The van der Waals surface area contributed by atoms with Gasteiger partial charge in [-0.2, -0.15) is 0 Å². The van der Waals surface area contributed by atoms with Crippen molar-refractivity contribution in [2.45, 2.75) is 26.9 Å². The van der Waals surface area contributed by atoms with E-state index in [2.05, 4.69) is 40.0 Å². The van der Waals surface area contributed by atoms with Crippen LogP contribution in [0.25, 0.3) is 0 Å². The number of morpholine rings is 1. The summed E-state index contributed by atoms with van der Waals surface area (Å²) >= 11 is 3.44. The maximum atomic E-state index is 12.6. The van der Waals surface area contributed by atoms with Crippen molar-refractivity contribution in [1.82, 2.24) is 10.2 Å². The molecule has 2 rings (SSSR count). The van der Waals surface area contributed by atoms with Crippen LogP contribution in [0, 0.1) is 5.92 Å². The first-order valence-corrected chi connectivity index (χ1v) is 9.86. The molecule has 1 amide bonds. The van der Waals surface area contributed by atoms with Crippen molar-refractivity contribution in [3.8, 4) is 11.5 Å². The predicted molar refractivity (Wildman–Crippen MR) is 105 cm³/mol. The molecule has 0 aliphatic carbocycles. The third-order valence-corrected chi connectivity index (χ3v) is 4.70. The van der Waals surface area contributed by atoms with Gasteiger partial charge in [-0.05, 0) is 40.9 Å². The van der Waals surface area contributed by atoms with Gasteiger partial charge in [0.1, 0.15) is 0 Å². The number of amides is 1. The number of benzene rings is 1. The van der Waals surface area contributed by atoms with Gasteiger partial charge in [-0.3, -0.25) is 9.69 Å². The molecule has 1 atom stereocenters. The molecule has 1 N–H and O–H groups in total. The zero-order chi connectivity index (χ0) is 19.1. The molecule has 0 saturated carbocycles. The van der Waals surface area contributed by atoms with Crippen molar-refractivity contribution < 1.29 is 19.0 Å². The van der Waals surface area contributed by atoms with Crippen LogP contribution in [-0.4, -0.2) is 63.4 Å². The SMILES string of the molecule is CCOc1cc(C(=O)NCC2CN(CC(C)C)CCO2)cc(Br)c1OC. The molecular formula is C19H29BrN2O4. The second-order valence-corrected chi connectivity index (χ2v) is 7.63. The standard InChI is InChI=1S/C19H29BrN2O4/c1-5-25-17-9-14(8-16(20)18(17)24-4)19(23)21-10-15-12-22(6-7-26-15)11-13(2)3/h8-9,13,15H,5-7,10-12H2,1-4H3,(H,21,23). The number of rotatable bonds is 8. The van der Waals surface area contributed by atoms with Crippen molar-refractivity contribution in [2.24, 2.45) is 5.92 Å². The van der Waals surface area contributed by atoms with E-state index in [0.717, 1.165) is 19.6 Å². The highest BCUT2D eigenvalue weighted by Gasteiger charge is 2.22. The molecule has 1 aromatic rings. The fourth-order valence-electron chi connectivity index (χ4n) is 3.05. The summed E-state index contributed by atoms with van der Waals surface area (Å²) in [6.07, 6.45) is 0.0134. The van der Waals surface area contributed by atoms with Crippen LogP contribution in [0.2, 0.25) is 0 Å².